The normalized spacial score (nSPS) is 13.7. The maximum Gasteiger partial charge on any atom is 0.273 e. The van der Waals surface area contributed by atoms with Crippen LogP contribution in [0.1, 0.15) is 35.0 Å². The van der Waals surface area contributed by atoms with Gasteiger partial charge in [0.05, 0.1) is 0 Å². The molecule has 2 aromatic rings. The van der Waals surface area contributed by atoms with Crippen molar-refractivity contribution in [2.45, 2.75) is 32.2 Å². The summed E-state index contributed by atoms with van der Waals surface area (Å²) in [7, 11) is 0. The number of amides is 1. The van der Waals surface area contributed by atoms with Gasteiger partial charge in [-0.05, 0) is 12.8 Å². The molecule has 0 bridgehead atoms. The topological polar surface area (TPSA) is 112 Å². The Labute approximate surface area is 121 Å². The molecular formula is C13H17N7O. The van der Waals surface area contributed by atoms with Crippen LogP contribution in [0.2, 0.25) is 0 Å². The molecule has 3 heterocycles. The molecule has 8 heteroatoms. The molecule has 1 amide bonds. The van der Waals surface area contributed by atoms with Crippen LogP contribution in [0.15, 0.2) is 12.4 Å². The predicted octanol–water partition coefficient (Wildman–Crippen LogP) is -0.0409. The van der Waals surface area contributed by atoms with Crippen LogP contribution in [-0.2, 0) is 19.4 Å². The quantitative estimate of drug-likeness (QED) is 0.816. The molecule has 0 fully saturated rings. The van der Waals surface area contributed by atoms with E-state index in [0.29, 0.717) is 13.0 Å². The van der Waals surface area contributed by atoms with Crippen LogP contribution in [0.5, 0.6) is 0 Å². The van der Waals surface area contributed by atoms with Crippen LogP contribution in [-0.4, -0.2) is 37.2 Å². The average molecular weight is 287 g/mol. The van der Waals surface area contributed by atoms with E-state index in [1.807, 2.05) is 0 Å². The van der Waals surface area contributed by atoms with Gasteiger partial charge >= 0.3 is 0 Å². The first kappa shape index (κ1) is 13.5. The summed E-state index contributed by atoms with van der Waals surface area (Å²) in [4.78, 5) is 19.7. The van der Waals surface area contributed by atoms with Gasteiger partial charge in [-0.2, -0.15) is 0 Å². The molecule has 0 spiro atoms. The minimum atomic E-state index is -0.320. The highest BCUT2D eigenvalue weighted by Gasteiger charge is 2.16. The summed E-state index contributed by atoms with van der Waals surface area (Å²) in [6.45, 7) is 1.43. The molecule has 21 heavy (non-hydrogen) atoms. The number of aromatic nitrogens is 5. The number of carbonyl (C=O) groups excluding carboxylic acids is 1. The van der Waals surface area contributed by atoms with Crippen LogP contribution < -0.4 is 11.1 Å². The number of nitrogens with two attached hydrogens (primary N) is 1. The second kappa shape index (κ2) is 5.86. The monoisotopic (exact) mass is 287 g/mol. The number of rotatable bonds is 4. The van der Waals surface area contributed by atoms with Crippen LogP contribution >= 0.6 is 0 Å². The Balaban J connectivity index is 1.58. The molecule has 0 saturated heterocycles. The summed E-state index contributed by atoms with van der Waals surface area (Å²) in [5.41, 5.74) is 5.77. The number of nitrogen functional groups attached to an aromatic ring is 1. The van der Waals surface area contributed by atoms with Crippen LogP contribution in [0.25, 0.3) is 0 Å². The Hall–Kier alpha value is -2.51. The molecule has 0 radical (unpaired) electrons. The molecular weight excluding hydrogens is 270 g/mol. The minimum Gasteiger partial charge on any atom is -0.382 e. The lowest BCUT2D eigenvalue weighted by Gasteiger charge is -2.14. The lowest BCUT2D eigenvalue weighted by molar-refractivity contribution is 0.0949. The maximum atomic E-state index is 11.9. The van der Waals surface area contributed by atoms with Crippen molar-refractivity contribution in [1.29, 1.82) is 0 Å². The van der Waals surface area contributed by atoms with Crippen molar-refractivity contribution < 1.29 is 4.79 Å². The highest BCUT2D eigenvalue weighted by Crippen LogP contribution is 2.14. The van der Waals surface area contributed by atoms with Crippen molar-refractivity contribution >= 4 is 11.7 Å². The van der Waals surface area contributed by atoms with Crippen LogP contribution in [0, 0.1) is 0 Å². The van der Waals surface area contributed by atoms with E-state index >= 15 is 0 Å². The molecule has 0 unspecified atom stereocenters. The SMILES string of the molecule is Nc1nccnc1C(=O)NCCc1nnc2n1CCCC2. The number of anilines is 1. The summed E-state index contributed by atoms with van der Waals surface area (Å²) < 4.78 is 2.15. The number of hydrogen-bond donors (Lipinski definition) is 2. The summed E-state index contributed by atoms with van der Waals surface area (Å²) in [6, 6.07) is 0. The standard InChI is InChI=1S/C13H17N7O/c14-12-11(15-6-7-16-12)13(21)17-5-4-10-19-18-9-3-1-2-8-20(9)10/h6-7H,1-5,8H2,(H2,14,16)(H,17,21). The van der Waals surface area contributed by atoms with E-state index in [1.165, 1.54) is 18.8 Å². The molecule has 110 valence electrons. The zero-order valence-electron chi connectivity index (χ0n) is 11.6. The van der Waals surface area contributed by atoms with E-state index in [2.05, 4.69) is 30.0 Å². The number of hydrogen-bond acceptors (Lipinski definition) is 6. The Morgan fingerprint density at radius 2 is 2.14 bits per heavy atom. The van der Waals surface area contributed by atoms with Gasteiger partial charge in [0.2, 0.25) is 0 Å². The lowest BCUT2D eigenvalue weighted by atomic mass is 10.1. The first-order valence-electron chi connectivity index (χ1n) is 7.01. The van der Waals surface area contributed by atoms with Gasteiger partial charge in [-0.15, -0.1) is 10.2 Å². The zero-order chi connectivity index (χ0) is 14.7. The average Bonchev–Trinajstić information content (AvgIpc) is 2.91. The number of aryl methyl sites for hydroxylation is 1. The molecule has 0 atom stereocenters. The second-order valence-electron chi connectivity index (χ2n) is 4.94. The smallest absolute Gasteiger partial charge is 0.273 e. The van der Waals surface area contributed by atoms with Crippen molar-refractivity contribution in [2.24, 2.45) is 0 Å². The van der Waals surface area contributed by atoms with E-state index in [1.54, 1.807) is 0 Å². The summed E-state index contributed by atoms with van der Waals surface area (Å²) >= 11 is 0. The summed E-state index contributed by atoms with van der Waals surface area (Å²) in [5.74, 6) is 1.77. The molecule has 0 aromatic carbocycles. The Kier molecular flexibility index (Phi) is 3.76. The van der Waals surface area contributed by atoms with E-state index in [9.17, 15) is 4.79 Å². The molecule has 1 aliphatic rings. The first-order chi connectivity index (χ1) is 10.3. The van der Waals surface area contributed by atoms with Gasteiger partial charge in [-0.25, -0.2) is 9.97 Å². The molecule has 3 rings (SSSR count). The Morgan fingerprint density at radius 1 is 1.29 bits per heavy atom. The number of fused-ring (bicyclic) bond motifs is 1. The zero-order valence-corrected chi connectivity index (χ0v) is 11.6. The summed E-state index contributed by atoms with van der Waals surface area (Å²) in [6.07, 6.45) is 6.84. The number of nitrogens with one attached hydrogen (secondary N) is 1. The van der Waals surface area contributed by atoms with Crippen molar-refractivity contribution in [3.05, 3.63) is 29.7 Å². The first-order valence-corrected chi connectivity index (χ1v) is 7.01. The third kappa shape index (κ3) is 2.83. The van der Waals surface area contributed by atoms with Crippen molar-refractivity contribution in [2.75, 3.05) is 12.3 Å². The molecule has 1 aliphatic heterocycles. The van der Waals surface area contributed by atoms with Gasteiger partial charge in [0, 0.05) is 38.3 Å². The van der Waals surface area contributed by atoms with Gasteiger partial charge in [0.1, 0.15) is 11.6 Å². The molecule has 0 saturated carbocycles. The van der Waals surface area contributed by atoms with Gasteiger partial charge < -0.3 is 15.6 Å². The molecule has 8 nitrogen and oxygen atoms in total. The fraction of sp³-hybridized carbons (Fsp3) is 0.462. The number of nitrogens with zero attached hydrogens (tertiary/aromatic N) is 5. The van der Waals surface area contributed by atoms with Crippen LogP contribution in [0.4, 0.5) is 5.82 Å². The highest BCUT2D eigenvalue weighted by molar-refractivity contribution is 5.96. The van der Waals surface area contributed by atoms with Crippen molar-refractivity contribution in [1.82, 2.24) is 30.0 Å². The van der Waals surface area contributed by atoms with Gasteiger partial charge in [-0.1, -0.05) is 0 Å². The van der Waals surface area contributed by atoms with Crippen LogP contribution in [0.3, 0.4) is 0 Å². The molecule has 0 aliphatic carbocycles. The van der Waals surface area contributed by atoms with Crippen molar-refractivity contribution in [3.63, 3.8) is 0 Å². The highest BCUT2D eigenvalue weighted by atomic mass is 16.1. The predicted molar refractivity (Wildman–Crippen MR) is 75.4 cm³/mol. The fourth-order valence-electron chi connectivity index (χ4n) is 2.45. The third-order valence-corrected chi connectivity index (χ3v) is 3.51. The van der Waals surface area contributed by atoms with Crippen molar-refractivity contribution in [3.8, 4) is 0 Å². The van der Waals surface area contributed by atoms with E-state index < -0.39 is 0 Å². The van der Waals surface area contributed by atoms with E-state index in [-0.39, 0.29) is 17.4 Å². The number of carbonyl (C=O) groups is 1. The molecule has 2 aromatic heterocycles. The lowest BCUT2D eigenvalue weighted by Crippen LogP contribution is -2.28. The third-order valence-electron chi connectivity index (χ3n) is 3.51. The van der Waals surface area contributed by atoms with Gasteiger partial charge in [-0.3, -0.25) is 4.79 Å². The maximum absolute atomic E-state index is 11.9. The molecule has 3 N–H and O–H groups in total. The summed E-state index contributed by atoms with van der Waals surface area (Å²) in [5, 5.41) is 11.2. The van der Waals surface area contributed by atoms with Gasteiger partial charge in [0.25, 0.3) is 5.91 Å². The second-order valence-corrected chi connectivity index (χ2v) is 4.94. The fourth-order valence-corrected chi connectivity index (χ4v) is 2.45. The minimum absolute atomic E-state index is 0.134. The largest absolute Gasteiger partial charge is 0.382 e. The van der Waals surface area contributed by atoms with E-state index in [0.717, 1.165) is 31.0 Å². The van der Waals surface area contributed by atoms with Gasteiger partial charge in [0.15, 0.2) is 11.5 Å². The van der Waals surface area contributed by atoms with E-state index in [4.69, 9.17) is 5.73 Å². The Morgan fingerprint density at radius 3 is 3.00 bits per heavy atom. The Bertz CT molecular complexity index is 652.